The Balaban J connectivity index is 2.31. The minimum absolute atomic E-state index is 0.250. The summed E-state index contributed by atoms with van der Waals surface area (Å²) in [5.41, 5.74) is -1.28. The predicted molar refractivity (Wildman–Crippen MR) is 70.8 cm³/mol. The Bertz CT molecular complexity index is 400. The van der Waals surface area contributed by atoms with E-state index in [1.165, 1.54) is 23.1 Å². The zero-order valence-electron chi connectivity index (χ0n) is 9.54. The van der Waals surface area contributed by atoms with Crippen LogP contribution >= 0.6 is 23.1 Å². The number of aliphatic hydroxyl groups is 3. The molecule has 0 aliphatic carbocycles. The molecule has 1 aromatic rings. The lowest BCUT2D eigenvalue weighted by atomic mass is 9.90. The van der Waals surface area contributed by atoms with E-state index in [0.29, 0.717) is 6.42 Å². The quantitative estimate of drug-likeness (QED) is 0.734. The van der Waals surface area contributed by atoms with Crippen molar-refractivity contribution in [3.63, 3.8) is 0 Å². The van der Waals surface area contributed by atoms with Gasteiger partial charge >= 0.3 is 0 Å². The third-order valence-electron chi connectivity index (χ3n) is 2.89. The number of thiophene rings is 1. The molecular weight excluding hydrogens is 256 g/mol. The largest absolute Gasteiger partial charge is 0.379 e. The maximum atomic E-state index is 10.7. The summed E-state index contributed by atoms with van der Waals surface area (Å²) in [4.78, 5) is 0.743. The van der Waals surface area contributed by atoms with Gasteiger partial charge < -0.3 is 15.3 Å². The number of rotatable bonds is 4. The van der Waals surface area contributed by atoms with Gasteiger partial charge in [0.2, 0.25) is 0 Å². The first kappa shape index (κ1) is 13.1. The van der Waals surface area contributed by atoms with Crippen molar-refractivity contribution in [3.8, 4) is 0 Å². The van der Waals surface area contributed by atoms with Crippen LogP contribution in [0.25, 0.3) is 0 Å². The smallest absolute Gasteiger partial charge is 0.178 e. The van der Waals surface area contributed by atoms with Crippen LogP contribution in [0.2, 0.25) is 0 Å². The van der Waals surface area contributed by atoms with Gasteiger partial charge in [-0.25, -0.2) is 0 Å². The molecule has 5 heteroatoms. The van der Waals surface area contributed by atoms with Crippen molar-refractivity contribution in [2.45, 2.75) is 36.4 Å². The summed E-state index contributed by atoms with van der Waals surface area (Å²) in [6, 6.07) is 3.66. The van der Waals surface area contributed by atoms with E-state index in [1.54, 1.807) is 11.5 Å². The Kier molecular flexibility index (Phi) is 3.66. The highest BCUT2D eigenvalue weighted by molar-refractivity contribution is 8.03. The molecule has 0 radical (unpaired) electrons. The third-order valence-corrected chi connectivity index (χ3v) is 5.20. The number of thioether (sulfide) groups is 1. The molecule has 2 unspecified atom stereocenters. The Hall–Kier alpha value is -0.330. The summed E-state index contributed by atoms with van der Waals surface area (Å²) in [6.07, 6.45) is 2.55. The highest BCUT2D eigenvalue weighted by Crippen LogP contribution is 2.47. The van der Waals surface area contributed by atoms with Gasteiger partial charge in [-0.1, -0.05) is 19.4 Å². The van der Waals surface area contributed by atoms with Gasteiger partial charge in [0, 0.05) is 11.3 Å². The van der Waals surface area contributed by atoms with Gasteiger partial charge in [0.05, 0.1) is 5.25 Å². The molecule has 2 atom stereocenters. The SMILES string of the molecule is CCCC(O)(O)C1SC=CC1(O)c1cccs1. The predicted octanol–water partition coefficient (Wildman–Crippen LogP) is 2.05. The first-order valence-electron chi connectivity index (χ1n) is 5.55. The molecule has 0 saturated heterocycles. The lowest BCUT2D eigenvalue weighted by Crippen LogP contribution is -2.50. The molecule has 0 spiro atoms. The van der Waals surface area contributed by atoms with E-state index in [2.05, 4.69) is 0 Å². The fraction of sp³-hybridized carbons (Fsp3) is 0.500. The summed E-state index contributed by atoms with van der Waals surface area (Å²) < 4.78 is 0. The van der Waals surface area contributed by atoms with Crippen LogP contribution in [0.4, 0.5) is 0 Å². The van der Waals surface area contributed by atoms with Gasteiger partial charge in [-0.15, -0.1) is 23.1 Å². The molecule has 1 aliphatic rings. The zero-order chi connectivity index (χ0) is 12.5. The van der Waals surface area contributed by atoms with Crippen LogP contribution in [0.5, 0.6) is 0 Å². The molecule has 17 heavy (non-hydrogen) atoms. The lowest BCUT2D eigenvalue weighted by Gasteiger charge is -2.36. The van der Waals surface area contributed by atoms with E-state index in [4.69, 9.17) is 0 Å². The molecule has 0 aromatic carbocycles. The standard InChI is InChI=1S/C12H16O3S2/c1-2-5-12(14,15)10-11(13,6-8-17-10)9-4-3-7-16-9/h3-4,6-8,10,13-15H,2,5H2,1H3. The number of hydrogen-bond acceptors (Lipinski definition) is 5. The molecular formula is C12H16O3S2. The average molecular weight is 272 g/mol. The minimum Gasteiger partial charge on any atom is -0.379 e. The second-order valence-corrected chi connectivity index (χ2v) is 6.21. The summed E-state index contributed by atoms with van der Waals surface area (Å²) >= 11 is 2.69. The average Bonchev–Trinajstić information content (AvgIpc) is 2.85. The highest BCUT2D eigenvalue weighted by Gasteiger charge is 2.51. The Morgan fingerprint density at radius 3 is 2.82 bits per heavy atom. The van der Waals surface area contributed by atoms with Crippen molar-refractivity contribution in [3.05, 3.63) is 33.9 Å². The highest BCUT2D eigenvalue weighted by atomic mass is 32.2. The molecule has 0 amide bonds. The van der Waals surface area contributed by atoms with Crippen LogP contribution in [0.1, 0.15) is 24.6 Å². The van der Waals surface area contributed by atoms with E-state index in [9.17, 15) is 15.3 Å². The van der Waals surface area contributed by atoms with Gasteiger partial charge in [0.25, 0.3) is 0 Å². The van der Waals surface area contributed by atoms with Crippen LogP contribution in [0.3, 0.4) is 0 Å². The molecule has 0 bridgehead atoms. The van der Waals surface area contributed by atoms with E-state index in [1.807, 2.05) is 24.4 Å². The summed E-state index contributed by atoms with van der Waals surface area (Å²) in [7, 11) is 0. The van der Waals surface area contributed by atoms with Crippen molar-refractivity contribution in [1.29, 1.82) is 0 Å². The molecule has 1 aromatic heterocycles. The van der Waals surface area contributed by atoms with E-state index in [0.717, 1.165) is 4.88 Å². The topological polar surface area (TPSA) is 60.7 Å². The van der Waals surface area contributed by atoms with Crippen LogP contribution in [0.15, 0.2) is 29.0 Å². The Labute approximate surface area is 109 Å². The Morgan fingerprint density at radius 1 is 1.47 bits per heavy atom. The second-order valence-electron chi connectivity index (χ2n) is 4.25. The summed E-state index contributed by atoms with van der Waals surface area (Å²) in [5, 5.41) is 33.8. The van der Waals surface area contributed by atoms with Crippen molar-refractivity contribution < 1.29 is 15.3 Å². The van der Waals surface area contributed by atoms with Gasteiger partial charge in [0.1, 0.15) is 5.60 Å². The summed E-state index contributed by atoms with van der Waals surface area (Å²) in [5.74, 6) is -1.86. The van der Waals surface area contributed by atoms with Crippen molar-refractivity contribution >= 4 is 23.1 Å². The van der Waals surface area contributed by atoms with Gasteiger partial charge in [-0.05, 0) is 22.9 Å². The maximum Gasteiger partial charge on any atom is 0.178 e. The molecule has 0 saturated carbocycles. The minimum atomic E-state index is -1.86. The van der Waals surface area contributed by atoms with E-state index < -0.39 is 16.6 Å². The fourth-order valence-electron chi connectivity index (χ4n) is 2.09. The molecule has 2 rings (SSSR count). The Morgan fingerprint density at radius 2 is 2.24 bits per heavy atom. The third kappa shape index (κ3) is 2.30. The lowest BCUT2D eigenvalue weighted by molar-refractivity contribution is -0.189. The second kappa shape index (κ2) is 4.74. The van der Waals surface area contributed by atoms with Crippen molar-refractivity contribution in [2.75, 3.05) is 0 Å². The zero-order valence-corrected chi connectivity index (χ0v) is 11.2. The molecule has 3 nitrogen and oxygen atoms in total. The van der Waals surface area contributed by atoms with E-state index in [-0.39, 0.29) is 6.42 Å². The van der Waals surface area contributed by atoms with Crippen molar-refractivity contribution in [1.82, 2.24) is 0 Å². The molecule has 3 N–H and O–H groups in total. The normalized spacial score (nSPS) is 28.8. The van der Waals surface area contributed by atoms with Crippen molar-refractivity contribution in [2.24, 2.45) is 0 Å². The van der Waals surface area contributed by atoms with Crippen LogP contribution in [-0.2, 0) is 5.60 Å². The molecule has 0 fully saturated rings. The fourth-order valence-corrected chi connectivity index (χ4v) is 4.19. The van der Waals surface area contributed by atoms with Gasteiger partial charge in [-0.3, -0.25) is 0 Å². The first-order chi connectivity index (χ1) is 8.00. The molecule has 94 valence electrons. The first-order valence-corrected chi connectivity index (χ1v) is 7.37. The van der Waals surface area contributed by atoms with Crippen LogP contribution < -0.4 is 0 Å². The van der Waals surface area contributed by atoms with Gasteiger partial charge in [0.15, 0.2) is 5.79 Å². The monoisotopic (exact) mass is 272 g/mol. The van der Waals surface area contributed by atoms with E-state index >= 15 is 0 Å². The number of hydrogen-bond donors (Lipinski definition) is 3. The van der Waals surface area contributed by atoms with Crippen LogP contribution in [0, 0.1) is 0 Å². The molecule has 1 aliphatic heterocycles. The van der Waals surface area contributed by atoms with Crippen LogP contribution in [-0.4, -0.2) is 26.4 Å². The maximum absolute atomic E-state index is 10.7. The molecule has 2 heterocycles. The summed E-state index contributed by atoms with van der Waals surface area (Å²) in [6.45, 7) is 1.89. The van der Waals surface area contributed by atoms with Gasteiger partial charge in [-0.2, -0.15) is 0 Å².